The van der Waals surface area contributed by atoms with Crippen molar-refractivity contribution in [2.75, 3.05) is 26.2 Å². The number of phenolic OH excluding ortho intramolecular Hbond substituents is 1. The van der Waals surface area contributed by atoms with Gasteiger partial charge in [-0.25, -0.2) is 0 Å². The molecule has 0 radical (unpaired) electrons. The number of rotatable bonds is 8. The second kappa shape index (κ2) is 8.70. The van der Waals surface area contributed by atoms with Crippen molar-refractivity contribution in [2.24, 2.45) is 0 Å². The summed E-state index contributed by atoms with van der Waals surface area (Å²) in [7, 11) is 0. The summed E-state index contributed by atoms with van der Waals surface area (Å²) in [5, 5.41) is 10.8. The summed E-state index contributed by atoms with van der Waals surface area (Å²) in [5.74, 6) is 0.479. The topological polar surface area (TPSA) is 26.7 Å². The van der Waals surface area contributed by atoms with E-state index >= 15 is 0 Å². The number of nitrogens with zero attached hydrogens (tertiary/aromatic N) is 2. The lowest BCUT2D eigenvalue weighted by Gasteiger charge is -2.27. The van der Waals surface area contributed by atoms with Crippen molar-refractivity contribution in [3.05, 3.63) is 28.8 Å². The van der Waals surface area contributed by atoms with Gasteiger partial charge in [0.1, 0.15) is 5.75 Å². The Morgan fingerprint density at radius 3 is 1.74 bits per heavy atom. The van der Waals surface area contributed by atoms with Crippen LogP contribution in [0.5, 0.6) is 5.75 Å². The summed E-state index contributed by atoms with van der Waals surface area (Å²) in [6.07, 6.45) is 0. The van der Waals surface area contributed by atoms with Gasteiger partial charge in [0, 0.05) is 18.7 Å². The van der Waals surface area contributed by atoms with Crippen LogP contribution in [-0.2, 0) is 18.5 Å². The van der Waals surface area contributed by atoms with Crippen LogP contribution in [0.4, 0.5) is 0 Å². The molecular formula is C20H36N2O. The number of hydrogen-bond acceptors (Lipinski definition) is 3. The van der Waals surface area contributed by atoms with Crippen molar-refractivity contribution in [1.29, 1.82) is 0 Å². The molecule has 0 unspecified atom stereocenters. The molecule has 23 heavy (non-hydrogen) atoms. The van der Waals surface area contributed by atoms with Crippen LogP contribution in [0, 0.1) is 0 Å². The van der Waals surface area contributed by atoms with Crippen LogP contribution >= 0.6 is 0 Å². The van der Waals surface area contributed by atoms with Crippen LogP contribution in [0.15, 0.2) is 12.1 Å². The second-order valence-electron chi connectivity index (χ2n) is 7.32. The number of hydrogen-bond donors (Lipinski definition) is 1. The maximum Gasteiger partial charge on any atom is 0.123 e. The van der Waals surface area contributed by atoms with Crippen LogP contribution in [0.25, 0.3) is 0 Å². The third-order valence-corrected chi connectivity index (χ3v) is 4.65. The minimum absolute atomic E-state index is 0.0542. The highest BCUT2D eigenvalue weighted by Crippen LogP contribution is 2.35. The Balaban J connectivity index is 3.26. The van der Waals surface area contributed by atoms with Gasteiger partial charge in [-0.1, -0.05) is 54.5 Å². The number of benzene rings is 1. The molecule has 0 amide bonds. The molecule has 0 saturated carbocycles. The first-order valence-corrected chi connectivity index (χ1v) is 9.06. The fourth-order valence-corrected chi connectivity index (χ4v) is 2.94. The average molecular weight is 321 g/mol. The fourth-order valence-electron chi connectivity index (χ4n) is 2.94. The summed E-state index contributed by atoms with van der Waals surface area (Å²) in [5.41, 5.74) is 3.37. The molecule has 0 spiro atoms. The van der Waals surface area contributed by atoms with E-state index in [1.807, 2.05) is 0 Å². The van der Waals surface area contributed by atoms with Crippen LogP contribution in [-0.4, -0.2) is 41.1 Å². The summed E-state index contributed by atoms with van der Waals surface area (Å²) < 4.78 is 0. The molecule has 0 aliphatic carbocycles. The molecule has 0 aromatic heterocycles. The third-order valence-electron chi connectivity index (χ3n) is 4.65. The molecule has 0 aliphatic heterocycles. The monoisotopic (exact) mass is 320 g/mol. The number of aromatic hydroxyl groups is 1. The van der Waals surface area contributed by atoms with Gasteiger partial charge in [-0.15, -0.1) is 0 Å². The lowest BCUT2D eigenvalue weighted by Crippen LogP contribution is -2.25. The Bertz CT molecular complexity index is 483. The Kier molecular flexibility index (Phi) is 7.56. The van der Waals surface area contributed by atoms with Gasteiger partial charge < -0.3 is 5.11 Å². The summed E-state index contributed by atoms with van der Waals surface area (Å²) >= 11 is 0. The molecule has 0 saturated heterocycles. The molecule has 0 atom stereocenters. The highest BCUT2D eigenvalue weighted by molar-refractivity contribution is 5.47. The average Bonchev–Trinajstić information content (AvgIpc) is 2.51. The summed E-state index contributed by atoms with van der Waals surface area (Å²) in [6.45, 7) is 21.1. The van der Waals surface area contributed by atoms with Gasteiger partial charge in [-0.2, -0.15) is 0 Å². The Labute approximate surface area is 143 Å². The Morgan fingerprint density at radius 1 is 0.826 bits per heavy atom. The van der Waals surface area contributed by atoms with E-state index in [9.17, 15) is 5.11 Å². The van der Waals surface area contributed by atoms with Crippen molar-refractivity contribution in [3.63, 3.8) is 0 Å². The molecule has 0 fully saturated rings. The maximum absolute atomic E-state index is 10.8. The highest BCUT2D eigenvalue weighted by Gasteiger charge is 2.22. The molecule has 1 N–H and O–H groups in total. The molecular weight excluding hydrogens is 284 g/mol. The molecule has 132 valence electrons. The fraction of sp³-hybridized carbons (Fsp3) is 0.700. The van der Waals surface area contributed by atoms with Gasteiger partial charge in [-0.3, -0.25) is 9.80 Å². The van der Waals surface area contributed by atoms with Gasteiger partial charge in [0.25, 0.3) is 0 Å². The Morgan fingerprint density at radius 2 is 1.30 bits per heavy atom. The van der Waals surface area contributed by atoms with E-state index in [1.165, 1.54) is 5.56 Å². The molecule has 0 bridgehead atoms. The van der Waals surface area contributed by atoms with Crippen LogP contribution < -0.4 is 0 Å². The van der Waals surface area contributed by atoms with Crippen molar-refractivity contribution in [3.8, 4) is 5.75 Å². The molecule has 3 nitrogen and oxygen atoms in total. The van der Waals surface area contributed by atoms with E-state index in [0.717, 1.165) is 50.4 Å². The lowest BCUT2D eigenvalue weighted by atomic mass is 9.84. The molecule has 1 aromatic rings. The highest BCUT2D eigenvalue weighted by atomic mass is 16.3. The van der Waals surface area contributed by atoms with E-state index in [-0.39, 0.29) is 5.41 Å². The Hall–Kier alpha value is -1.06. The molecule has 1 rings (SSSR count). The van der Waals surface area contributed by atoms with E-state index in [4.69, 9.17) is 0 Å². The van der Waals surface area contributed by atoms with Crippen LogP contribution in [0.3, 0.4) is 0 Å². The minimum Gasteiger partial charge on any atom is -0.507 e. The summed E-state index contributed by atoms with van der Waals surface area (Å²) in [4.78, 5) is 4.77. The zero-order chi connectivity index (χ0) is 17.6. The van der Waals surface area contributed by atoms with Crippen molar-refractivity contribution < 1.29 is 5.11 Å². The quantitative estimate of drug-likeness (QED) is 0.770. The van der Waals surface area contributed by atoms with Gasteiger partial charge in [0.05, 0.1) is 0 Å². The van der Waals surface area contributed by atoms with Gasteiger partial charge >= 0.3 is 0 Å². The zero-order valence-corrected chi connectivity index (χ0v) is 16.2. The van der Waals surface area contributed by atoms with E-state index < -0.39 is 0 Å². The van der Waals surface area contributed by atoms with Crippen LogP contribution in [0.2, 0.25) is 0 Å². The largest absolute Gasteiger partial charge is 0.507 e. The predicted molar refractivity (Wildman–Crippen MR) is 100 cm³/mol. The zero-order valence-electron chi connectivity index (χ0n) is 16.2. The van der Waals surface area contributed by atoms with Crippen LogP contribution in [0.1, 0.15) is 65.2 Å². The molecule has 0 aliphatic rings. The summed E-state index contributed by atoms with van der Waals surface area (Å²) in [6, 6.07) is 4.39. The van der Waals surface area contributed by atoms with Crippen molar-refractivity contribution >= 4 is 0 Å². The first kappa shape index (κ1) is 20.0. The lowest BCUT2D eigenvalue weighted by molar-refractivity contribution is 0.286. The van der Waals surface area contributed by atoms with Gasteiger partial charge in [0.2, 0.25) is 0 Å². The molecule has 1 aromatic carbocycles. The van der Waals surface area contributed by atoms with Gasteiger partial charge in [0.15, 0.2) is 0 Å². The second-order valence-corrected chi connectivity index (χ2v) is 7.32. The normalized spacial score (nSPS) is 12.4. The number of phenols is 1. The predicted octanol–water partition coefficient (Wildman–Crippen LogP) is 4.37. The minimum atomic E-state index is -0.0542. The standard InChI is InChI=1S/C20H36N2O/c1-8-21(9-2)14-16-12-17(15-22(10-3)11-4)19(23)18(13-16)20(5,6)7/h12-13,23H,8-11,14-15H2,1-7H3. The van der Waals surface area contributed by atoms with E-state index in [2.05, 4.69) is 70.4 Å². The molecule has 3 heteroatoms. The molecule has 0 heterocycles. The SMILES string of the molecule is CCN(CC)Cc1cc(CN(CC)CC)c(O)c(C(C)(C)C)c1. The first-order chi connectivity index (χ1) is 10.8. The van der Waals surface area contributed by atoms with E-state index in [1.54, 1.807) is 0 Å². The smallest absolute Gasteiger partial charge is 0.123 e. The first-order valence-electron chi connectivity index (χ1n) is 9.06. The van der Waals surface area contributed by atoms with Gasteiger partial charge in [-0.05, 0) is 48.8 Å². The van der Waals surface area contributed by atoms with Crippen molar-refractivity contribution in [1.82, 2.24) is 9.80 Å². The third kappa shape index (κ3) is 5.50. The van der Waals surface area contributed by atoms with Crippen molar-refractivity contribution in [2.45, 2.75) is 67.0 Å². The maximum atomic E-state index is 10.8. The van der Waals surface area contributed by atoms with E-state index in [0.29, 0.717) is 5.75 Å².